The predicted molar refractivity (Wildman–Crippen MR) is 70.4 cm³/mol. The van der Waals surface area contributed by atoms with Gasteiger partial charge in [0.2, 0.25) is 0 Å². The van der Waals surface area contributed by atoms with Gasteiger partial charge in [0, 0.05) is 25.2 Å². The normalized spacial score (nSPS) is 27.9. The van der Waals surface area contributed by atoms with Crippen LogP contribution in [-0.2, 0) is 0 Å². The lowest BCUT2D eigenvalue weighted by molar-refractivity contribution is 0.254. The van der Waals surface area contributed by atoms with Crippen molar-refractivity contribution in [2.45, 2.75) is 31.3 Å². The third-order valence-electron chi connectivity index (χ3n) is 4.32. The number of likely N-dealkylation sites (N-methyl/N-ethyl adjacent to an activating group) is 1. The van der Waals surface area contributed by atoms with Gasteiger partial charge in [-0.15, -0.1) is 0 Å². The van der Waals surface area contributed by atoms with E-state index in [2.05, 4.69) is 27.9 Å². The highest BCUT2D eigenvalue weighted by Crippen LogP contribution is 2.30. The molecule has 94 valence electrons. The van der Waals surface area contributed by atoms with Crippen molar-refractivity contribution < 1.29 is 0 Å². The largest absolute Gasteiger partial charge is 0.355 e. The molecule has 0 saturated carbocycles. The Bertz CT molecular complexity index is 479. The van der Waals surface area contributed by atoms with Crippen LogP contribution in [0.1, 0.15) is 25.0 Å². The molecule has 1 aromatic heterocycles. The van der Waals surface area contributed by atoms with Gasteiger partial charge in [0.1, 0.15) is 17.6 Å². The standard InChI is InChI=1S/C14H18N4/c1-17-12-5-6-13(17)10-18(8-7-12)14-4-2-3-11(9-15)16-14/h2-4,12-13H,5-8,10H2,1H3/t12-,13+/m1/s1. The van der Waals surface area contributed by atoms with Crippen LogP contribution in [-0.4, -0.2) is 42.1 Å². The monoisotopic (exact) mass is 242 g/mol. The highest BCUT2D eigenvalue weighted by atomic mass is 15.3. The fourth-order valence-corrected chi connectivity index (χ4v) is 3.18. The number of nitrogens with zero attached hydrogens (tertiary/aromatic N) is 4. The van der Waals surface area contributed by atoms with Crippen molar-refractivity contribution in [1.82, 2.24) is 9.88 Å². The summed E-state index contributed by atoms with van der Waals surface area (Å²) in [5, 5.41) is 8.92. The maximum absolute atomic E-state index is 8.92. The number of aromatic nitrogens is 1. The topological polar surface area (TPSA) is 43.2 Å². The average molecular weight is 242 g/mol. The Labute approximate surface area is 108 Å². The third-order valence-corrected chi connectivity index (χ3v) is 4.32. The molecular formula is C14H18N4. The van der Waals surface area contributed by atoms with Crippen molar-refractivity contribution in [1.29, 1.82) is 5.26 Å². The summed E-state index contributed by atoms with van der Waals surface area (Å²) in [6.45, 7) is 2.09. The summed E-state index contributed by atoms with van der Waals surface area (Å²) < 4.78 is 0. The van der Waals surface area contributed by atoms with E-state index in [1.165, 1.54) is 19.3 Å². The zero-order chi connectivity index (χ0) is 12.5. The molecule has 0 amide bonds. The van der Waals surface area contributed by atoms with E-state index < -0.39 is 0 Å². The van der Waals surface area contributed by atoms with Gasteiger partial charge in [-0.05, 0) is 38.4 Å². The first-order chi connectivity index (χ1) is 8.78. The minimum absolute atomic E-state index is 0.510. The summed E-state index contributed by atoms with van der Waals surface area (Å²) in [7, 11) is 2.24. The lowest BCUT2D eigenvalue weighted by Crippen LogP contribution is -2.37. The SMILES string of the molecule is CN1[C@@H]2CC[C@H]1CN(c1cccc(C#N)n1)CC2. The second-order valence-electron chi connectivity index (χ2n) is 5.28. The number of nitriles is 1. The first kappa shape index (κ1) is 11.5. The highest BCUT2D eigenvalue weighted by molar-refractivity contribution is 5.42. The summed E-state index contributed by atoms with van der Waals surface area (Å²) in [5.41, 5.74) is 0.510. The Morgan fingerprint density at radius 1 is 1.28 bits per heavy atom. The van der Waals surface area contributed by atoms with Gasteiger partial charge in [0.05, 0.1) is 0 Å². The van der Waals surface area contributed by atoms with E-state index in [0.717, 1.165) is 24.9 Å². The van der Waals surface area contributed by atoms with Gasteiger partial charge in [-0.1, -0.05) is 6.07 Å². The van der Waals surface area contributed by atoms with Crippen molar-refractivity contribution in [3.63, 3.8) is 0 Å². The van der Waals surface area contributed by atoms with Gasteiger partial charge in [0.25, 0.3) is 0 Å². The molecule has 18 heavy (non-hydrogen) atoms. The lowest BCUT2D eigenvalue weighted by atomic mass is 10.1. The Morgan fingerprint density at radius 2 is 2.11 bits per heavy atom. The maximum Gasteiger partial charge on any atom is 0.142 e. The van der Waals surface area contributed by atoms with Crippen LogP contribution in [0.25, 0.3) is 0 Å². The summed E-state index contributed by atoms with van der Waals surface area (Å²) in [6.07, 6.45) is 3.82. The Balaban J connectivity index is 1.83. The summed E-state index contributed by atoms with van der Waals surface area (Å²) in [5.74, 6) is 0.954. The predicted octanol–water partition coefficient (Wildman–Crippen LogP) is 1.63. The maximum atomic E-state index is 8.92. The molecule has 4 heteroatoms. The van der Waals surface area contributed by atoms with E-state index in [9.17, 15) is 0 Å². The molecular weight excluding hydrogens is 224 g/mol. The Kier molecular flexibility index (Phi) is 2.92. The number of pyridine rings is 1. The van der Waals surface area contributed by atoms with E-state index in [0.29, 0.717) is 11.7 Å². The molecule has 2 saturated heterocycles. The molecule has 1 aromatic rings. The molecule has 2 bridgehead atoms. The van der Waals surface area contributed by atoms with Crippen LogP contribution < -0.4 is 4.90 Å². The lowest BCUT2D eigenvalue weighted by Gasteiger charge is -2.26. The second kappa shape index (κ2) is 4.58. The number of rotatable bonds is 1. The van der Waals surface area contributed by atoms with Crippen molar-refractivity contribution in [3.8, 4) is 6.07 Å². The van der Waals surface area contributed by atoms with Gasteiger partial charge < -0.3 is 4.90 Å². The van der Waals surface area contributed by atoms with E-state index in [4.69, 9.17) is 5.26 Å². The number of hydrogen-bond donors (Lipinski definition) is 0. The molecule has 2 fully saturated rings. The molecule has 3 heterocycles. The summed E-state index contributed by atoms with van der Waals surface area (Å²) in [6, 6.07) is 9.20. The molecule has 0 spiro atoms. The van der Waals surface area contributed by atoms with Crippen LogP contribution in [0, 0.1) is 11.3 Å². The smallest absolute Gasteiger partial charge is 0.142 e. The van der Waals surface area contributed by atoms with Gasteiger partial charge in [0.15, 0.2) is 0 Å². The van der Waals surface area contributed by atoms with E-state index in [-0.39, 0.29) is 0 Å². The van der Waals surface area contributed by atoms with E-state index in [1.807, 2.05) is 12.1 Å². The average Bonchev–Trinajstić information content (AvgIpc) is 2.63. The molecule has 0 unspecified atom stereocenters. The number of fused-ring (bicyclic) bond motifs is 2. The first-order valence-corrected chi connectivity index (χ1v) is 6.62. The van der Waals surface area contributed by atoms with Crippen LogP contribution in [0.5, 0.6) is 0 Å². The van der Waals surface area contributed by atoms with Gasteiger partial charge >= 0.3 is 0 Å². The van der Waals surface area contributed by atoms with Crippen LogP contribution in [0.2, 0.25) is 0 Å². The molecule has 0 aliphatic carbocycles. The van der Waals surface area contributed by atoms with Crippen molar-refractivity contribution in [2.24, 2.45) is 0 Å². The molecule has 2 aliphatic rings. The molecule has 4 nitrogen and oxygen atoms in total. The van der Waals surface area contributed by atoms with Crippen LogP contribution >= 0.6 is 0 Å². The zero-order valence-corrected chi connectivity index (χ0v) is 10.7. The fraction of sp³-hybridized carbons (Fsp3) is 0.571. The zero-order valence-electron chi connectivity index (χ0n) is 10.7. The van der Waals surface area contributed by atoms with E-state index in [1.54, 1.807) is 6.07 Å². The summed E-state index contributed by atoms with van der Waals surface area (Å²) >= 11 is 0. The molecule has 0 N–H and O–H groups in total. The third kappa shape index (κ3) is 1.95. The minimum atomic E-state index is 0.510. The Hall–Kier alpha value is -1.60. The van der Waals surface area contributed by atoms with Crippen molar-refractivity contribution in [2.75, 3.05) is 25.0 Å². The van der Waals surface area contributed by atoms with Gasteiger partial charge in [-0.3, -0.25) is 4.90 Å². The molecule has 0 aromatic carbocycles. The molecule has 2 atom stereocenters. The highest BCUT2D eigenvalue weighted by Gasteiger charge is 2.34. The van der Waals surface area contributed by atoms with E-state index >= 15 is 0 Å². The Morgan fingerprint density at radius 3 is 2.94 bits per heavy atom. The first-order valence-electron chi connectivity index (χ1n) is 6.62. The van der Waals surface area contributed by atoms with Gasteiger partial charge in [-0.2, -0.15) is 5.26 Å². The quantitative estimate of drug-likeness (QED) is 0.750. The molecule has 2 aliphatic heterocycles. The van der Waals surface area contributed by atoms with Crippen molar-refractivity contribution >= 4 is 5.82 Å². The minimum Gasteiger partial charge on any atom is -0.355 e. The second-order valence-corrected chi connectivity index (χ2v) is 5.28. The van der Waals surface area contributed by atoms with Crippen LogP contribution in [0.15, 0.2) is 18.2 Å². The number of hydrogen-bond acceptors (Lipinski definition) is 4. The van der Waals surface area contributed by atoms with Crippen LogP contribution in [0.3, 0.4) is 0 Å². The molecule has 0 radical (unpaired) electrons. The van der Waals surface area contributed by atoms with Gasteiger partial charge in [-0.25, -0.2) is 4.98 Å². The van der Waals surface area contributed by atoms with Crippen molar-refractivity contribution in [3.05, 3.63) is 23.9 Å². The number of anilines is 1. The fourth-order valence-electron chi connectivity index (χ4n) is 3.18. The molecule has 3 rings (SSSR count). The summed E-state index contributed by atoms with van der Waals surface area (Å²) in [4.78, 5) is 9.27. The van der Waals surface area contributed by atoms with Crippen LogP contribution in [0.4, 0.5) is 5.82 Å².